The fraction of sp³-hybridized carbons (Fsp3) is 0.0800. The molecule has 0 unspecified atom stereocenters. The molecule has 0 fully saturated rings. The highest BCUT2D eigenvalue weighted by Gasteiger charge is 2.13. The number of benzene rings is 3. The van der Waals surface area contributed by atoms with Gasteiger partial charge in [-0.25, -0.2) is 15.4 Å². The number of nitro benzene ring substituents is 1. The van der Waals surface area contributed by atoms with E-state index < -0.39 is 4.92 Å². The maximum atomic E-state index is 11.2. The second kappa shape index (κ2) is 10.2. The second-order valence-electron chi connectivity index (χ2n) is 7.08. The topological polar surface area (TPSA) is 112 Å². The summed E-state index contributed by atoms with van der Waals surface area (Å²) in [6.45, 7) is 0. The summed E-state index contributed by atoms with van der Waals surface area (Å²) < 4.78 is 10.8. The number of anilines is 1. The Labute approximate surface area is 195 Å². The third-order valence-corrected chi connectivity index (χ3v) is 4.98. The molecule has 4 aromatic rings. The Kier molecular flexibility index (Phi) is 6.73. The van der Waals surface area contributed by atoms with Gasteiger partial charge in [0.2, 0.25) is 5.95 Å². The van der Waals surface area contributed by atoms with E-state index in [-0.39, 0.29) is 11.6 Å². The smallest absolute Gasteiger partial charge is 0.278 e. The van der Waals surface area contributed by atoms with E-state index in [0.717, 1.165) is 11.1 Å². The molecule has 0 aliphatic carbocycles. The average molecular weight is 455 g/mol. The van der Waals surface area contributed by atoms with Gasteiger partial charge in [0.05, 0.1) is 42.3 Å². The van der Waals surface area contributed by atoms with Gasteiger partial charge in [0.25, 0.3) is 5.69 Å². The SMILES string of the molecule is COc1ccc(-c2cc(-c3ccccc3)nc(N/N=C/c3ccccc3[N+](=O)[O-])n2)cc1OC. The minimum atomic E-state index is -0.455. The normalized spacial score (nSPS) is 10.8. The van der Waals surface area contributed by atoms with E-state index in [4.69, 9.17) is 9.47 Å². The van der Waals surface area contributed by atoms with Crippen molar-refractivity contribution in [3.05, 3.63) is 94.5 Å². The molecular weight excluding hydrogens is 434 g/mol. The number of aromatic nitrogens is 2. The van der Waals surface area contributed by atoms with Crippen LogP contribution < -0.4 is 14.9 Å². The minimum Gasteiger partial charge on any atom is -0.493 e. The van der Waals surface area contributed by atoms with Crippen LogP contribution in [0.4, 0.5) is 11.6 Å². The molecule has 34 heavy (non-hydrogen) atoms. The first-order chi connectivity index (χ1) is 16.6. The van der Waals surface area contributed by atoms with Crippen LogP contribution in [0.1, 0.15) is 5.56 Å². The number of rotatable bonds is 8. The summed E-state index contributed by atoms with van der Waals surface area (Å²) in [4.78, 5) is 19.9. The minimum absolute atomic E-state index is 0.0435. The average Bonchev–Trinajstić information content (AvgIpc) is 2.88. The molecule has 1 N–H and O–H groups in total. The third kappa shape index (κ3) is 4.99. The van der Waals surface area contributed by atoms with E-state index in [9.17, 15) is 10.1 Å². The molecule has 0 radical (unpaired) electrons. The van der Waals surface area contributed by atoms with Crippen molar-refractivity contribution in [1.29, 1.82) is 0 Å². The van der Waals surface area contributed by atoms with E-state index in [0.29, 0.717) is 28.5 Å². The van der Waals surface area contributed by atoms with Gasteiger partial charge in [-0.15, -0.1) is 0 Å². The van der Waals surface area contributed by atoms with Crippen molar-refractivity contribution >= 4 is 17.9 Å². The van der Waals surface area contributed by atoms with Crippen LogP contribution in [0, 0.1) is 10.1 Å². The Bertz CT molecular complexity index is 1340. The third-order valence-electron chi connectivity index (χ3n) is 4.98. The summed E-state index contributed by atoms with van der Waals surface area (Å²) >= 11 is 0. The van der Waals surface area contributed by atoms with Crippen LogP contribution in [-0.4, -0.2) is 35.3 Å². The molecule has 4 rings (SSSR count). The Hall–Kier alpha value is -4.79. The summed E-state index contributed by atoms with van der Waals surface area (Å²) in [5.41, 5.74) is 6.13. The molecule has 9 nitrogen and oxygen atoms in total. The lowest BCUT2D eigenvalue weighted by atomic mass is 10.1. The van der Waals surface area contributed by atoms with Gasteiger partial charge in [0.1, 0.15) is 0 Å². The van der Waals surface area contributed by atoms with Crippen LogP contribution in [0.15, 0.2) is 84.0 Å². The lowest BCUT2D eigenvalue weighted by molar-refractivity contribution is -0.385. The Balaban J connectivity index is 1.72. The molecule has 170 valence electrons. The number of nitrogens with one attached hydrogen (secondary N) is 1. The van der Waals surface area contributed by atoms with Crippen LogP contribution in [0.25, 0.3) is 22.5 Å². The lowest BCUT2D eigenvalue weighted by Crippen LogP contribution is -2.01. The van der Waals surface area contributed by atoms with Crippen molar-refractivity contribution in [2.24, 2.45) is 5.10 Å². The molecule has 1 aromatic heterocycles. The summed E-state index contributed by atoms with van der Waals surface area (Å²) in [5.74, 6) is 1.42. The van der Waals surface area contributed by atoms with E-state index in [1.165, 1.54) is 12.3 Å². The first kappa shape index (κ1) is 22.4. The molecule has 0 aliphatic heterocycles. The van der Waals surface area contributed by atoms with Gasteiger partial charge in [-0.2, -0.15) is 5.10 Å². The van der Waals surface area contributed by atoms with Gasteiger partial charge in [-0.1, -0.05) is 42.5 Å². The van der Waals surface area contributed by atoms with Crippen LogP contribution in [0.2, 0.25) is 0 Å². The molecule has 1 heterocycles. The fourth-order valence-electron chi connectivity index (χ4n) is 3.32. The predicted molar refractivity (Wildman–Crippen MR) is 130 cm³/mol. The standard InChI is InChI=1S/C25H21N5O4/c1-33-23-13-12-18(14-24(23)34-2)21-15-20(17-8-4-3-5-9-17)27-25(28-21)29-26-16-19-10-6-7-11-22(19)30(31)32/h3-16H,1-2H3,(H,27,28,29)/b26-16+. The zero-order valence-corrected chi connectivity index (χ0v) is 18.5. The van der Waals surface area contributed by atoms with Gasteiger partial charge in [-0.05, 0) is 30.3 Å². The molecule has 0 bridgehead atoms. The van der Waals surface area contributed by atoms with Crippen LogP contribution in [0.5, 0.6) is 11.5 Å². The van der Waals surface area contributed by atoms with E-state index in [1.54, 1.807) is 38.5 Å². The van der Waals surface area contributed by atoms with Crippen molar-refractivity contribution in [1.82, 2.24) is 9.97 Å². The molecule has 3 aromatic carbocycles. The zero-order chi connectivity index (χ0) is 23.9. The van der Waals surface area contributed by atoms with Crippen LogP contribution >= 0.6 is 0 Å². The highest BCUT2D eigenvalue weighted by atomic mass is 16.6. The number of ether oxygens (including phenoxy) is 2. The maximum absolute atomic E-state index is 11.2. The second-order valence-corrected chi connectivity index (χ2v) is 7.08. The van der Waals surface area contributed by atoms with Crippen molar-refractivity contribution in [2.45, 2.75) is 0 Å². The van der Waals surface area contributed by atoms with Crippen LogP contribution in [-0.2, 0) is 0 Å². The first-order valence-corrected chi connectivity index (χ1v) is 10.3. The molecule has 0 spiro atoms. The summed E-state index contributed by atoms with van der Waals surface area (Å²) in [7, 11) is 3.15. The quantitative estimate of drug-likeness (QED) is 0.221. The van der Waals surface area contributed by atoms with E-state index in [2.05, 4.69) is 20.5 Å². The van der Waals surface area contributed by atoms with E-state index >= 15 is 0 Å². The molecule has 0 saturated heterocycles. The number of nitrogens with zero attached hydrogens (tertiary/aromatic N) is 4. The number of hydrazone groups is 1. The monoisotopic (exact) mass is 455 g/mol. The number of methoxy groups -OCH3 is 2. The van der Waals surface area contributed by atoms with Crippen LogP contribution in [0.3, 0.4) is 0 Å². The highest BCUT2D eigenvalue weighted by molar-refractivity contribution is 5.85. The zero-order valence-electron chi connectivity index (χ0n) is 18.5. The van der Waals surface area contributed by atoms with Crippen molar-refractivity contribution < 1.29 is 14.4 Å². The van der Waals surface area contributed by atoms with Crippen molar-refractivity contribution in [3.8, 4) is 34.0 Å². The summed E-state index contributed by atoms with van der Waals surface area (Å²) in [6.07, 6.45) is 1.37. The number of hydrogen-bond acceptors (Lipinski definition) is 8. The van der Waals surface area contributed by atoms with Gasteiger partial charge in [-0.3, -0.25) is 10.1 Å². The Morgan fingerprint density at radius 1 is 0.853 bits per heavy atom. The fourth-order valence-corrected chi connectivity index (χ4v) is 3.32. The molecule has 9 heteroatoms. The van der Waals surface area contributed by atoms with Gasteiger partial charge in [0, 0.05) is 17.2 Å². The van der Waals surface area contributed by atoms with Gasteiger partial charge < -0.3 is 9.47 Å². The van der Waals surface area contributed by atoms with E-state index in [1.807, 2.05) is 48.5 Å². The predicted octanol–water partition coefficient (Wildman–Crippen LogP) is 5.18. The van der Waals surface area contributed by atoms with Gasteiger partial charge in [0.15, 0.2) is 11.5 Å². The maximum Gasteiger partial charge on any atom is 0.278 e. The number of para-hydroxylation sites is 1. The first-order valence-electron chi connectivity index (χ1n) is 10.3. The Morgan fingerprint density at radius 3 is 2.24 bits per heavy atom. The molecule has 0 amide bonds. The largest absolute Gasteiger partial charge is 0.493 e. The Morgan fingerprint density at radius 2 is 1.53 bits per heavy atom. The van der Waals surface area contributed by atoms with Crippen molar-refractivity contribution in [3.63, 3.8) is 0 Å². The summed E-state index contributed by atoms with van der Waals surface area (Å²) in [6, 6.07) is 23.4. The molecular formula is C25H21N5O4. The molecule has 0 aliphatic rings. The van der Waals surface area contributed by atoms with Gasteiger partial charge >= 0.3 is 0 Å². The molecule has 0 atom stereocenters. The summed E-state index contributed by atoms with van der Waals surface area (Å²) in [5, 5.41) is 15.4. The number of nitro groups is 1. The highest BCUT2D eigenvalue weighted by Crippen LogP contribution is 2.33. The number of hydrogen-bond donors (Lipinski definition) is 1. The molecule has 0 saturated carbocycles. The lowest BCUT2D eigenvalue weighted by Gasteiger charge is -2.11. The van der Waals surface area contributed by atoms with Crippen molar-refractivity contribution in [2.75, 3.05) is 19.6 Å².